The van der Waals surface area contributed by atoms with Crippen molar-refractivity contribution in [3.63, 3.8) is 0 Å². The van der Waals surface area contributed by atoms with Gasteiger partial charge in [-0.15, -0.1) is 0 Å². The molecule has 0 aliphatic rings. The molecule has 0 bridgehead atoms. The van der Waals surface area contributed by atoms with Crippen LogP contribution in [0.3, 0.4) is 0 Å². The molecule has 0 saturated carbocycles. The molecule has 0 spiro atoms. The van der Waals surface area contributed by atoms with Gasteiger partial charge in [-0.3, -0.25) is 9.59 Å². The summed E-state index contributed by atoms with van der Waals surface area (Å²) in [5.41, 5.74) is 0. The average molecular weight is 1050 g/mol. The molecule has 0 aromatic rings. The lowest BCUT2D eigenvalue weighted by Gasteiger charge is -2.25. The van der Waals surface area contributed by atoms with Crippen molar-refractivity contribution in [2.75, 3.05) is 47.5 Å². The maximum absolute atomic E-state index is 12.9. The predicted molar refractivity (Wildman–Crippen MR) is 314 cm³/mol. The van der Waals surface area contributed by atoms with Gasteiger partial charge in [0.1, 0.15) is 13.2 Å². The van der Waals surface area contributed by atoms with Gasteiger partial charge in [0.05, 0.1) is 34.4 Å². The molecule has 0 fully saturated rings. The number of rotatable bonds is 62. The number of carbonyl (C=O) groups excluding carboxylic acids is 2. The van der Waals surface area contributed by atoms with Crippen LogP contribution < -0.4 is 0 Å². The van der Waals surface area contributed by atoms with Gasteiger partial charge in [0.2, 0.25) is 0 Å². The molecule has 0 radical (unpaired) electrons. The fourth-order valence-electron chi connectivity index (χ4n) is 10.1. The summed E-state index contributed by atoms with van der Waals surface area (Å²) in [4.78, 5) is 37.5. The van der Waals surface area contributed by atoms with E-state index in [1.165, 1.54) is 276 Å². The standard InChI is InChI=1S/C65H127NO8/c1-6-8-10-12-14-16-18-20-22-24-26-28-30-31-32-33-34-36-38-40-42-44-46-48-50-52-54-56-63(68)74-61(60-73-65(64(69)70)71-58-57-66(3,4)5)59-72-62(67)55-53-51-49-47-45-43-41-39-37-35-29-27-25-23-21-19-17-15-13-11-9-7-2/h61,65H,6-60H2,1-5H3/p+1. The number of unbranched alkanes of at least 4 members (excludes halogenated alkanes) is 47. The molecule has 1 N–H and O–H groups in total. The van der Waals surface area contributed by atoms with E-state index in [-0.39, 0.29) is 38.2 Å². The Morgan fingerprint density at radius 1 is 0.351 bits per heavy atom. The summed E-state index contributed by atoms with van der Waals surface area (Å²) in [5.74, 6) is -1.97. The predicted octanol–water partition coefficient (Wildman–Crippen LogP) is 19.5. The summed E-state index contributed by atoms with van der Waals surface area (Å²) in [7, 11) is 5.99. The smallest absolute Gasteiger partial charge is 0.361 e. The third kappa shape index (κ3) is 58.0. The van der Waals surface area contributed by atoms with Gasteiger partial charge in [0, 0.05) is 12.8 Å². The second-order valence-corrected chi connectivity index (χ2v) is 23.8. The van der Waals surface area contributed by atoms with Crippen LogP contribution in [0.5, 0.6) is 0 Å². The van der Waals surface area contributed by atoms with E-state index in [4.69, 9.17) is 18.9 Å². The number of ether oxygens (including phenoxy) is 4. The van der Waals surface area contributed by atoms with Crippen LogP contribution in [-0.4, -0.2) is 87.4 Å². The molecular formula is C65H128NO8+. The minimum atomic E-state index is -1.50. The van der Waals surface area contributed by atoms with Gasteiger partial charge in [-0.25, -0.2) is 4.79 Å². The maximum Gasteiger partial charge on any atom is 0.361 e. The molecule has 0 aromatic carbocycles. The molecule has 9 nitrogen and oxygen atoms in total. The first-order chi connectivity index (χ1) is 36.1. The molecule has 2 atom stereocenters. The molecular weight excluding hydrogens is 923 g/mol. The average Bonchev–Trinajstić information content (AvgIpc) is 3.37. The quantitative estimate of drug-likeness (QED) is 0.0278. The van der Waals surface area contributed by atoms with E-state index in [1.54, 1.807) is 0 Å². The van der Waals surface area contributed by atoms with E-state index in [2.05, 4.69) is 13.8 Å². The van der Waals surface area contributed by atoms with Crippen LogP contribution in [-0.2, 0) is 33.3 Å². The third-order valence-corrected chi connectivity index (χ3v) is 15.1. The van der Waals surface area contributed by atoms with E-state index in [0.717, 1.165) is 38.5 Å². The molecule has 0 heterocycles. The largest absolute Gasteiger partial charge is 0.477 e. The minimum Gasteiger partial charge on any atom is -0.477 e. The van der Waals surface area contributed by atoms with Crippen molar-refractivity contribution in [2.45, 2.75) is 354 Å². The number of carboxylic acid groups (broad SMARTS) is 1. The Bertz CT molecular complexity index is 1180. The molecule has 9 heteroatoms. The first-order valence-corrected chi connectivity index (χ1v) is 32.7. The Morgan fingerprint density at radius 3 is 0.865 bits per heavy atom. The maximum atomic E-state index is 12.9. The van der Waals surface area contributed by atoms with Crippen LogP contribution in [0.15, 0.2) is 0 Å². The lowest BCUT2D eigenvalue weighted by atomic mass is 10.0. The molecule has 0 aliphatic carbocycles. The summed E-state index contributed by atoms with van der Waals surface area (Å²) in [6, 6.07) is 0. The molecule has 0 aliphatic heterocycles. The fraction of sp³-hybridized carbons (Fsp3) is 0.954. The van der Waals surface area contributed by atoms with Gasteiger partial charge in [-0.1, -0.05) is 316 Å². The Hall–Kier alpha value is -1.71. The van der Waals surface area contributed by atoms with Crippen LogP contribution in [0, 0.1) is 0 Å². The van der Waals surface area contributed by atoms with E-state index < -0.39 is 18.4 Å². The highest BCUT2D eigenvalue weighted by Crippen LogP contribution is 2.19. The highest BCUT2D eigenvalue weighted by atomic mass is 16.7. The number of aliphatic carboxylic acids is 1. The fourth-order valence-corrected chi connectivity index (χ4v) is 10.1. The Balaban J connectivity index is 4.09. The summed E-state index contributed by atoms with van der Waals surface area (Å²) in [6.45, 7) is 4.97. The Morgan fingerprint density at radius 2 is 0.608 bits per heavy atom. The van der Waals surface area contributed by atoms with E-state index >= 15 is 0 Å². The Labute approximate surface area is 460 Å². The number of esters is 2. The Kier molecular flexibility index (Phi) is 56.1. The number of hydrogen-bond donors (Lipinski definition) is 1. The topological polar surface area (TPSA) is 108 Å². The number of carboxylic acids is 1. The van der Waals surface area contributed by atoms with Gasteiger partial charge in [-0.2, -0.15) is 0 Å². The number of quaternary nitrogens is 1. The van der Waals surface area contributed by atoms with Crippen LogP contribution in [0.25, 0.3) is 0 Å². The molecule has 0 aromatic heterocycles. The van der Waals surface area contributed by atoms with Gasteiger partial charge < -0.3 is 28.5 Å². The summed E-state index contributed by atoms with van der Waals surface area (Å²) < 4.78 is 23.0. The van der Waals surface area contributed by atoms with Crippen LogP contribution in [0.1, 0.15) is 341 Å². The van der Waals surface area contributed by atoms with Crippen molar-refractivity contribution >= 4 is 17.9 Å². The van der Waals surface area contributed by atoms with Crippen LogP contribution >= 0.6 is 0 Å². The van der Waals surface area contributed by atoms with Gasteiger partial charge >= 0.3 is 17.9 Å². The number of hydrogen-bond acceptors (Lipinski definition) is 7. The van der Waals surface area contributed by atoms with Crippen molar-refractivity contribution in [3.05, 3.63) is 0 Å². The lowest BCUT2D eigenvalue weighted by molar-refractivity contribution is -0.870. The van der Waals surface area contributed by atoms with E-state index in [9.17, 15) is 19.5 Å². The molecule has 0 amide bonds. The second kappa shape index (κ2) is 57.5. The van der Waals surface area contributed by atoms with Crippen molar-refractivity contribution in [1.82, 2.24) is 0 Å². The van der Waals surface area contributed by atoms with Gasteiger partial charge in [0.15, 0.2) is 6.10 Å². The minimum absolute atomic E-state index is 0.172. The van der Waals surface area contributed by atoms with E-state index in [1.807, 2.05) is 21.1 Å². The summed E-state index contributed by atoms with van der Waals surface area (Å²) >= 11 is 0. The van der Waals surface area contributed by atoms with Gasteiger partial charge in [0.25, 0.3) is 6.29 Å². The number of carbonyl (C=O) groups is 3. The van der Waals surface area contributed by atoms with Crippen molar-refractivity contribution in [2.24, 2.45) is 0 Å². The van der Waals surface area contributed by atoms with Crippen molar-refractivity contribution in [1.29, 1.82) is 0 Å². The third-order valence-electron chi connectivity index (χ3n) is 15.1. The highest BCUT2D eigenvalue weighted by Gasteiger charge is 2.25. The van der Waals surface area contributed by atoms with Crippen molar-refractivity contribution < 1.29 is 42.9 Å². The van der Waals surface area contributed by atoms with Crippen LogP contribution in [0.2, 0.25) is 0 Å². The zero-order chi connectivity index (χ0) is 54.1. The van der Waals surface area contributed by atoms with Gasteiger partial charge in [-0.05, 0) is 12.8 Å². The first-order valence-electron chi connectivity index (χ1n) is 32.7. The summed E-state index contributed by atoms with van der Waals surface area (Å²) in [5, 5.41) is 9.72. The molecule has 0 saturated heterocycles. The van der Waals surface area contributed by atoms with E-state index in [0.29, 0.717) is 17.4 Å². The van der Waals surface area contributed by atoms with Crippen molar-refractivity contribution in [3.8, 4) is 0 Å². The number of likely N-dealkylation sites (N-methyl/N-ethyl adjacent to an activating group) is 1. The molecule has 0 rings (SSSR count). The number of nitrogens with zero attached hydrogens (tertiary/aromatic N) is 1. The zero-order valence-corrected chi connectivity index (χ0v) is 50.3. The first kappa shape index (κ1) is 72.3. The molecule has 74 heavy (non-hydrogen) atoms. The summed E-state index contributed by atoms with van der Waals surface area (Å²) in [6.07, 6.45) is 63.5. The molecule has 440 valence electrons. The normalized spacial score (nSPS) is 12.6. The van der Waals surface area contributed by atoms with Crippen LogP contribution in [0.4, 0.5) is 0 Å². The SMILES string of the molecule is CCCCCCCCCCCCCCCCCCCCCCCCCCCCCC(=O)OC(COC(=O)CCCCCCCCCCCCCCCCCCCCCCCC)COC(OCC[N+](C)(C)C)C(=O)O. The lowest BCUT2D eigenvalue weighted by Crippen LogP contribution is -2.40. The zero-order valence-electron chi connectivity index (χ0n) is 50.3. The molecule has 2 unspecified atom stereocenters. The highest BCUT2D eigenvalue weighted by molar-refractivity contribution is 5.71. The second-order valence-electron chi connectivity index (χ2n) is 23.8. The monoisotopic (exact) mass is 1050 g/mol.